The van der Waals surface area contributed by atoms with Gasteiger partial charge in [-0.1, -0.05) is 35.9 Å². The predicted octanol–water partition coefficient (Wildman–Crippen LogP) is 7.46. The minimum absolute atomic E-state index is 0.114. The SMILES string of the molecule is Cc1ccc(Oc2ccc(N3C(=S)N[C@@H](c4ccccn4)[C@H]3c3cccn3-c3cccc(C)c3)cc2)cc1. The maximum Gasteiger partial charge on any atom is 0.174 e. The first-order valence-corrected chi connectivity index (χ1v) is 13.1. The number of aryl methyl sites for hydroxylation is 2. The number of aromatic nitrogens is 2. The summed E-state index contributed by atoms with van der Waals surface area (Å²) in [6, 6.07) is 34.7. The summed E-state index contributed by atoms with van der Waals surface area (Å²) in [5.41, 5.74) is 6.58. The van der Waals surface area contributed by atoms with Gasteiger partial charge >= 0.3 is 0 Å². The molecule has 2 atom stereocenters. The molecule has 0 unspecified atom stereocenters. The zero-order valence-corrected chi connectivity index (χ0v) is 22.1. The summed E-state index contributed by atoms with van der Waals surface area (Å²) in [6.45, 7) is 4.18. The van der Waals surface area contributed by atoms with Gasteiger partial charge < -0.3 is 19.5 Å². The Bertz CT molecular complexity index is 1560. The second kappa shape index (κ2) is 10.1. The van der Waals surface area contributed by atoms with E-state index in [0.717, 1.165) is 34.3 Å². The molecule has 1 saturated heterocycles. The number of rotatable bonds is 6. The second-order valence-corrected chi connectivity index (χ2v) is 9.93. The highest BCUT2D eigenvalue weighted by molar-refractivity contribution is 7.80. The van der Waals surface area contributed by atoms with Gasteiger partial charge in [-0.2, -0.15) is 0 Å². The van der Waals surface area contributed by atoms with Gasteiger partial charge in [0.05, 0.1) is 11.7 Å². The third-order valence-corrected chi connectivity index (χ3v) is 7.15. The summed E-state index contributed by atoms with van der Waals surface area (Å²) < 4.78 is 8.32. The van der Waals surface area contributed by atoms with Crippen molar-refractivity contribution in [3.05, 3.63) is 138 Å². The van der Waals surface area contributed by atoms with Crippen molar-refractivity contribution in [1.29, 1.82) is 0 Å². The van der Waals surface area contributed by atoms with Crippen LogP contribution in [0.5, 0.6) is 11.5 Å². The summed E-state index contributed by atoms with van der Waals surface area (Å²) in [5, 5.41) is 4.22. The van der Waals surface area contributed by atoms with E-state index in [1.54, 1.807) is 0 Å². The van der Waals surface area contributed by atoms with E-state index in [2.05, 4.69) is 94.4 Å². The summed E-state index contributed by atoms with van der Waals surface area (Å²) >= 11 is 5.93. The third kappa shape index (κ3) is 4.66. The Hall–Kier alpha value is -4.42. The molecule has 0 saturated carbocycles. The van der Waals surface area contributed by atoms with Gasteiger partial charge in [0.2, 0.25) is 0 Å². The van der Waals surface area contributed by atoms with Crippen molar-refractivity contribution in [2.24, 2.45) is 0 Å². The first kappa shape index (κ1) is 23.9. The molecule has 0 spiro atoms. The maximum atomic E-state index is 6.07. The minimum Gasteiger partial charge on any atom is -0.457 e. The largest absolute Gasteiger partial charge is 0.457 e. The Morgan fingerprint density at radius 1 is 0.763 bits per heavy atom. The van der Waals surface area contributed by atoms with Crippen LogP contribution in [0, 0.1) is 13.8 Å². The van der Waals surface area contributed by atoms with E-state index in [-0.39, 0.29) is 12.1 Å². The molecule has 0 amide bonds. The van der Waals surface area contributed by atoms with Gasteiger partial charge in [-0.25, -0.2) is 0 Å². The molecule has 6 rings (SSSR count). The predicted molar refractivity (Wildman–Crippen MR) is 156 cm³/mol. The number of nitrogens with one attached hydrogen (secondary N) is 1. The molecule has 1 aliphatic heterocycles. The zero-order valence-electron chi connectivity index (χ0n) is 21.3. The fourth-order valence-electron chi connectivity index (χ4n) is 5.00. The van der Waals surface area contributed by atoms with Gasteiger partial charge in [0.15, 0.2) is 5.11 Å². The lowest BCUT2D eigenvalue weighted by Gasteiger charge is -2.29. The summed E-state index contributed by atoms with van der Waals surface area (Å²) in [4.78, 5) is 6.88. The van der Waals surface area contributed by atoms with E-state index in [1.165, 1.54) is 11.1 Å². The van der Waals surface area contributed by atoms with Crippen molar-refractivity contribution in [1.82, 2.24) is 14.9 Å². The van der Waals surface area contributed by atoms with Crippen LogP contribution in [0.15, 0.2) is 116 Å². The van der Waals surface area contributed by atoms with Crippen LogP contribution in [-0.2, 0) is 0 Å². The molecule has 38 heavy (non-hydrogen) atoms. The molecule has 5 nitrogen and oxygen atoms in total. The van der Waals surface area contributed by atoms with E-state index in [0.29, 0.717) is 5.11 Å². The number of pyridine rings is 1. The molecule has 1 fully saturated rings. The smallest absolute Gasteiger partial charge is 0.174 e. The average molecular weight is 517 g/mol. The number of nitrogens with zero attached hydrogens (tertiary/aromatic N) is 3. The van der Waals surface area contributed by atoms with Crippen LogP contribution in [0.1, 0.15) is 34.6 Å². The first-order chi connectivity index (χ1) is 18.6. The molecule has 1 aliphatic rings. The van der Waals surface area contributed by atoms with E-state index in [9.17, 15) is 0 Å². The van der Waals surface area contributed by atoms with Gasteiger partial charge in [-0.3, -0.25) is 4.98 Å². The van der Waals surface area contributed by atoms with Crippen LogP contribution >= 0.6 is 12.2 Å². The highest BCUT2D eigenvalue weighted by Gasteiger charge is 2.42. The number of thiocarbonyl (C=S) groups is 1. The lowest BCUT2D eigenvalue weighted by atomic mass is 10.0. The Morgan fingerprint density at radius 2 is 1.53 bits per heavy atom. The summed E-state index contributed by atoms with van der Waals surface area (Å²) in [5.74, 6) is 1.59. The number of hydrogen-bond acceptors (Lipinski definition) is 3. The molecule has 6 heteroatoms. The molecule has 3 heterocycles. The molecule has 3 aromatic carbocycles. The quantitative estimate of drug-likeness (QED) is 0.237. The molecule has 0 aliphatic carbocycles. The fourth-order valence-corrected chi connectivity index (χ4v) is 5.34. The number of hydrogen-bond donors (Lipinski definition) is 1. The van der Waals surface area contributed by atoms with E-state index in [1.807, 2.05) is 54.7 Å². The van der Waals surface area contributed by atoms with Crippen LogP contribution in [0.25, 0.3) is 5.69 Å². The normalized spacial score (nSPS) is 16.9. The second-order valence-electron chi connectivity index (χ2n) is 9.55. The highest BCUT2D eigenvalue weighted by atomic mass is 32.1. The number of benzene rings is 3. The lowest BCUT2D eigenvalue weighted by Crippen LogP contribution is -2.30. The van der Waals surface area contributed by atoms with Gasteiger partial charge in [0, 0.05) is 29.5 Å². The van der Waals surface area contributed by atoms with Crippen molar-refractivity contribution in [3.63, 3.8) is 0 Å². The Labute approximate surface area is 228 Å². The number of anilines is 1. The molecule has 188 valence electrons. The lowest BCUT2D eigenvalue weighted by molar-refractivity contribution is 0.482. The Balaban J connectivity index is 1.39. The van der Waals surface area contributed by atoms with Crippen molar-refractivity contribution in [3.8, 4) is 17.2 Å². The van der Waals surface area contributed by atoms with E-state index in [4.69, 9.17) is 17.0 Å². The highest BCUT2D eigenvalue weighted by Crippen LogP contribution is 2.42. The molecule has 0 bridgehead atoms. The first-order valence-electron chi connectivity index (χ1n) is 12.7. The number of ether oxygens (including phenoxy) is 1. The van der Waals surface area contributed by atoms with Gasteiger partial charge in [0.25, 0.3) is 0 Å². The maximum absolute atomic E-state index is 6.07. The van der Waals surface area contributed by atoms with Crippen LogP contribution in [0.3, 0.4) is 0 Å². The van der Waals surface area contributed by atoms with Crippen LogP contribution in [0.2, 0.25) is 0 Å². The van der Waals surface area contributed by atoms with Crippen LogP contribution < -0.4 is 15.0 Å². The Morgan fingerprint density at radius 3 is 2.24 bits per heavy atom. The van der Waals surface area contributed by atoms with Gasteiger partial charge in [0.1, 0.15) is 17.5 Å². The van der Waals surface area contributed by atoms with Crippen LogP contribution in [-0.4, -0.2) is 14.7 Å². The topological polar surface area (TPSA) is 42.3 Å². The van der Waals surface area contributed by atoms with Crippen molar-refractivity contribution >= 4 is 23.0 Å². The van der Waals surface area contributed by atoms with E-state index >= 15 is 0 Å². The van der Waals surface area contributed by atoms with Gasteiger partial charge in [-0.05, 0) is 104 Å². The molecule has 5 aromatic rings. The van der Waals surface area contributed by atoms with Gasteiger partial charge in [-0.15, -0.1) is 0 Å². The standard InChI is InChI=1S/C32H28N4OS/c1-22-11-15-26(16-12-22)37-27-17-13-24(14-18-27)36-31(30(34-32(36)38)28-9-3-4-19-33-28)29-10-6-20-35(29)25-8-5-7-23(2)21-25/h3-21,30-31H,1-2H3,(H,34,38)/t30-,31+/m0/s1. The Kier molecular flexibility index (Phi) is 6.40. The van der Waals surface area contributed by atoms with Crippen molar-refractivity contribution < 1.29 is 4.74 Å². The molecule has 2 aromatic heterocycles. The molecular weight excluding hydrogens is 488 g/mol. The van der Waals surface area contributed by atoms with Crippen molar-refractivity contribution in [2.75, 3.05) is 4.90 Å². The van der Waals surface area contributed by atoms with Crippen LogP contribution in [0.4, 0.5) is 5.69 Å². The summed E-state index contributed by atoms with van der Waals surface area (Å²) in [7, 11) is 0. The third-order valence-electron chi connectivity index (χ3n) is 6.83. The monoisotopic (exact) mass is 516 g/mol. The molecular formula is C32H28N4OS. The average Bonchev–Trinajstić information content (AvgIpc) is 3.55. The summed E-state index contributed by atoms with van der Waals surface area (Å²) in [6.07, 6.45) is 3.94. The molecule has 0 radical (unpaired) electrons. The minimum atomic E-state index is -0.120. The molecule has 1 N–H and O–H groups in total. The van der Waals surface area contributed by atoms with E-state index < -0.39 is 0 Å². The fraction of sp³-hybridized carbons (Fsp3) is 0.125. The zero-order chi connectivity index (χ0) is 26.1. The van der Waals surface area contributed by atoms with Crippen molar-refractivity contribution in [2.45, 2.75) is 25.9 Å².